The first-order valence-corrected chi connectivity index (χ1v) is 10.5. The minimum Gasteiger partial charge on any atom is -0.478 e. The van der Waals surface area contributed by atoms with E-state index >= 15 is 0 Å². The predicted molar refractivity (Wildman–Crippen MR) is 100 cm³/mol. The average Bonchev–Trinajstić information content (AvgIpc) is 2.65. The lowest BCUT2D eigenvalue weighted by Crippen LogP contribution is -2.10. The highest BCUT2D eigenvalue weighted by Gasteiger charge is 2.23. The van der Waals surface area contributed by atoms with Gasteiger partial charge in [-0.3, -0.25) is 9.11 Å². The molecule has 0 spiro atoms. The smallest absolute Gasteiger partial charge is 0.337 e. The van der Waals surface area contributed by atoms with Crippen LogP contribution >= 0.6 is 0 Å². The molecule has 32 heavy (non-hydrogen) atoms. The molecule has 2 aromatic carbocycles. The summed E-state index contributed by atoms with van der Waals surface area (Å²) in [4.78, 5) is 40.4. The zero-order valence-electron chi connectivity index (χ0n) is 15.2. The van der Waals surface area contributed by atoms with Gasteiger partial charge in [0.15, 0.2) is 0 Å². The molecule has 0 aliphatic rings. The molecule has 0 saturated heterocycles. The summed E-state index contributed by atoms with van der Waals surface area (Å²) in [5, 5.41) is 34.4. The zero-order valence-corrected chi connectivity index (χ0v) is 16.9. The van der Waals surface area contributed by atoms with Gasteiger partial charge in [-0.2, -0.15) is 16.8 Å². The van der Waals surface area contributed by atoms with Crippen LogP contribution in [0.3, 0.4) is 0 Å². The Hall–Kier alpha value is -3.86. The molecule has 2 rings (SSSR count). The minimum atomic E-state index is -4.78. The fourth-order valence-corrected chi connectivity index (χ4v) is 3.51. The van der Waals surface area contributed by atoms with E-state index in [2.05, 4.69) is 0 Å². The molecule has 0 fully saturated rings. The Morgan fingerprint density at radius 2 is 0.812 bits per heavy atom. The number of rotatable bonds is 6. The van der Waals surface area contributed by atoms with Crippen LogP contribution in [0.2, 0.25) is 0 Å². The van der Waals surface area contributed by atoms with Gasteiger partial charge in [-0.1, -0.05) is 0 Å². The molecule has 0 amide bonds. The summed E-state index contributed by atoms with van der Waals surface area (Å²) in [6.07, 6.45) is 0. The van der Waals surface area contributed by atoms with Crippen molar-refractivity contribution in [2.24, 2.45) is 0 Å². The van der Waals surface area contributed by atoms with E-state index in [1.54, 1.807) is 0 Å². The van der Waals surface area contributed by atoms with E-state index in [1.165, 1.54) is 0 Å². The number of hydrogen-bond donors (Lipinski definition) is 6. The molecular weight excluding hydrogens is 480 g/mol. The van der Waals surface area contributed by atoms with E-state index in [9.17, 15) is 36.0 Å². The van der Waals surface area contributed by atoms with E-state index in [-0.39, 0.29) is 0 Å². The van der Waals surface area contributed by atoms with Crippen molar-refractivity contribution in [2.45, 2.75) is 9.79 Å². The molecule has 0 saturated carbocycles. The van der Waals surface area contributed by atoms with Crippen molar-refractivity contribution < 1.29 is 65.5 Å². The minimum absolute atomic E-state index is 0.433. The molecule has 0 radical (unpaired) electrons. The van der Waals surface area contributed by atoms with Gasteiger partial charge in [-0.15, -0.1) is 0 Å². The molecule has 0 unspecified atom stereocenters. The first-order valence-electron chi connectivity index (χ1n) is 7.63. The van der Waals surface area contributed by atoms with Crippen LogP contribution in [0.5, 0.6) is 0 Å². The van der Waals surface area contributed by atoms with Gasteiger partial charge in [0.1, 0.15) is 9.79 Å². The van der Waals surface area contributed by atoms with Crippen molar-refractivity contribution in [1.29, 1.82) is 0 Å². The summed E-state index contributed by atoms with van der Waals surface area (Å²) >= 11 is 0. The fourth-order valence-electron chi connectivity index (χ4n) is 2.09. The van der Waals surface area contributed by atoms with Gasteiger partial charge in [-0.05, 0) is 36.4 Å². The van der Waals surface area contributed by atoms with Gasteiger partial charge in [0.2, 0.25) is 0 Å². The molecule has 14 nitrogen and oxygen atoms in total. The van der Waals surface area contributed by atoms with Crippen molar-refractivity contribution in [3.63, 3.8) is 0 Å². The summed E-state index contributed by atoms with van der Waals surface area (Å²) < 4.78 is 60.8. The number of benzene rings is 2. The SMILES string of the molecule is O=C(O)c1ccc(C(=O)O)c(S(=O)(=O)O)c1.O=C(O)c1ccc(C(=O)O)c(S(=O)(=O)O)c1. The monoisotopic (exact) mass is 492 g/mol. The number of carboxylic acids is 4. The van der Waals surface area contributed by atoms with Crippen LogP contribution in [0.25, 0.3) is 0 Å². The van der Waals surface area contributed by atoms with E-state index in [0.29, 0.717) is 12.1 Å². The lowest BCUT2D eigenvalue weighted by molar-refractivity contribution is 0.0677. The van der Waals surface area contributed by atoms with Crippen LogP contribution in [-0.2, 0) is 20.2 Å². The second kappa shape index (κ2) is 9.52. The molecule has 172 valence electrons. The summed E-state index contributed by atoms with van der Waals surface area (Å²) in [6.45, 7) is 0. The van der Waals surface area contributed by atoms with Crippen LogP contribution in [0.4, 0.5) is 0 Å². The van der Waals surface area contributed by atoms with Crippen molar-refractivity contribution in [3.8, 4) is 0 Å². The van der Waals surface area contributed by atoms with E-state index < -0.39 is 76.2 Å². The maximum absolute atomic E-state index is 10.8. The Labute approximate surface area is 178 Å². The topological polar surface area (TPSA) is 258 Å². The number of carbonyl (C=O) groups is 4. The molecule has 0 bridgehead atoms. The Morgan fingerprint density at radius 3 is 1.00 bits per heavy atom. The van der Waals surface area contributed by atoms with Crippen LogP contribution in [0.15, 0.2) is 46.2 Å². The third kappa shape index (κ3) is 6.57. The molecular formula is C16H12O14S2. The Balaban J connectivity index is 0.000000320. The second-order valence-corrected chi connectivity index (χ2v) is 8.37. The van der Waals surface area contributed by atoms with Crippen LogP contribution in [0.1, 0.15) is 41.4 Å². The maximum atomic E-state index is 10.8. The van der Waals surface area contributed by atoms with Crippen LogP contribution in [0, 0.1) is 0 Å². The van der Waals surface area contributed by atoms with Crippen LogP contribution in [-0.4, -0.2) is 70.2 Å². The van der Waals surface area contributed by atoms with Crippen molar-refractivity contribution >= 4 is 44.1 Å². The predicted octanol–water partition coefficient (Wildman–Crippen LogP) is 0.659. The summed E-state index contributed by atoms with van der Waals surface area (Å²) in [5.74, 6) is -6.02. The van der Waals surface area contributed by atoms with Crippen LogP contribution < -0.4 is 0 Å². The third-order valence-corrected chi connectivity index (χ3v) is 5.26. The Morgan fingerprint density at radius 1 is 0.531 bits per heavy atom. The zero-order chi connectivity index (χ0) is 25.0. The highest BCUT2D eigenvalue weighted by molar-refractivity contribution is 7.86. The molecule has 0 aromatic heterocycles. The van der Waals surface area contributed by atoms with Crippen molar-refractivity contribution in [3.05, 3.63) is 58.7 Å². The molecule has 6 N–H and O–H groups in total. The summed E-state index contributed by atoms with van der Waals surface area (Å²) in [6, 6.07) is 4.63. The average molecular weight is 492 g/mol. The Bertz CT molecular complexity index is 1220. The van der Waals surface area contributed by atoms with Gasteiger partial charge in [0.05, 0.1) is 22.3 Å². The van der Waals surface area contributed by atoms with Gasteiger partial charge < -0.3 is 20.4 Å². The highest BCUT2D eigenvalue weighted by Crippen LogP contribution is 2.19. The van der Waals surface area contributed by atoms with E-state index in [4.69, 9.17) is 29.5 Å². The maximum Gasteiger partial charge on any atom is 0.337 e. The molecule has 0 aliphatic carbocycles. The molecule has 0 aliphatic heterocycles. The molecule has 0 atom stereocenters. The van der Waals surface area contributed by atoms with E-state index in [0.717, 1.165) is 24.3 Å². The first kappa shape index (κ1) is 26.2. The largest absolute Gasteiger partial charge is 0.478 e. The Kier molecular flexibility index (Phi) is 7.79. The molecule has 2 aromatic rings. The van der Waals surface area contributed by atoms with Crippen molar-refractivity contribution in [2.75, 3.05) is 0 Å². The fraction of sp³-hybridized carbons (Fsp3) is 0. The van der Waals surface area contributed by atoms with Gasteiger partial charge in [-0.25, -0.2) is 19.2 Å². The number of carboxylic acid groups (broad SMARTS) is 4. The second-order valence-electron chi connectivity index (χ2n) is 5.59. The van der Waals surface area contributed by atoms with Gasteiger partial charge >= 0.3 is 23.9 Å². The highest BCUT2D eigenvalue weighted by atomic mass is 32.2. The number of hydrogen-bond acceptors (Lipinski definition) is 8. The third-order valence-electron chi connectivity index (χ3n) is 3.47. The first-order chi connectivity index (χ1) is 14.5. The van der Waals surface area contributed by atoms with Gasteiger partial charge in [0, 0.05) is 0 Å². The van der Waals surface area contributed by atoms with E-state index in [1.807, 2.05) is 0 Å². The molecule has 16 heteroatoms. The summed E-state index contributed by atoms with van der Waals surface area (Å²) in [5.41, 5.74) is -2.24. The lowest BCUT2D eigenvalue weighted by atomic mass is 10.1. The van der Waals surface area contributed by atoms with Gasteiger partial charge in [0.25, 0.3) is 20.2 Å². The number of aromatic carboxylic acids is 4. The standard InChI is InChI=1S/2C8H6O7S/c2*9-7(10)4-1-2-5(8(11)12)6(3-4)16(13,14)15/h2*1-3H,(H,9,10)(H,11,12)(H,13,14,15). The lowest BCUT2D eigenvalue weighted by Gasteiger charge is -2.03. The molecule has 0 heterocycles. The van der Waals surface area contributed by atoms with Crippen molar-refractivity contribution in [1.82, 2.24) is 0 Å². The quantitative estimate of drug-likeness (QED) is 0.303. The summed E-state index contributed by atoms with van der Waals surface area (Å²) in [7, 11) is -9.56. The normalized spacial score (nSPS) is 11.1.